The maximum absolute atomic E-state index is 12.6. The predicted octanol–water partition coefficient (Wildman–Crippen LogP) is 6.07. The molecule has 0 saturated heterocycles. The molecule has 0 N–H and O–H groups in total. The molecule has 0 radical (unpaired) electrons. The third-order valence-corrected chi connectivity index (χ3v) is 6.30. The predicted molar refractivity (Wildman–Crippen MR) is 115 cm³/mol. The molecule has 3 nitrogen and oxygen atoms in total. The zero-order valence-electron chi connectivity index (χ0n) is 14.5. The lowest BCUT2D eigenvalue weighted by molar-refractivity contribution is 0.0998. The van der Waals surface area contributed by atoms with Gasteiger partial charge in [0.25, 0.3) is 5.91 Å². The Morgan fingerprint density at radius 2 is 1.58 bits per heavy atom. The Morgan fingerprint density at radius 1 is 1.00 bits per heavy atom. The van der Waals surface area contributed by atoms with Crippen LogP contribution in [0.4, 0.5) is 0 Å². The molecule has 0 aliphatic heterocycles. The van der Waals surface area contributed by atoms with Crippen LogP contribution >= 0.6 is 43.2 Å². The number of hydrogen-bond acceptors (Lipinski definition) is 2. The van der Waals surface area contributed by atoms with Crippen molar-refractivity contribution in [3.8, 4) is 11.3 Å². The molecule has 3 aromatic rings. The van der Waals surface area contributed by atoms with Crippen molar-refractivity contribution in [1.82, 2.24) is 4.57 Å². The van der Waals surface area contributed by atoms with Gasteiger partial charge in [0.2, 0.25) is 0 Å². The SMILES string of the molecule is CCc1sc(=NC(=O)c2ccc(Br)cc2)n(CC)c1-c1ccc(Br)cc1. The molecule has 0 unspecified atom stereocenters. The van der Waals surface area contributed by atoms with Crippen molar-refractivity contribution in [2.24, 2.45) is 4.99 Å². The zero-order chi connectivity index (χ0) is 18.7. The molecule has 0 bridgehead atoms. The van der Waals surface area contributed by atoms with Crippen molar-refractivity contribution in [2.75, 3.05) is 0 Å². The quantitative estimate of drug-likeness (QED) is 0.434. The second-order valence-electron chi connectivity index (χ2n) is 5.68. The van der Waals surface area contributed by atoms with Crippen LogP contribution in [-0.2, 0) is 13.0 Å². The van der Waals surface area contributed by atoms with Crippen LogP contribution in [0.5, 0.6) is 0 Å². The average molecular weight is 494 g/mol. The highest BCUT2D eigenvalue weighted by atomic mass is 79.9. The molecule has 2 aromatic carbocycles. The Kier molecular flexibility index (Phi) is 6.27. The van der Waals surface area contributed by atoms with E-state index in [1.54, 1.807) is 23.5 Å². The summed E-state index contributed by atoms with van der Waals surface area (Å²) >= 11 is 8.47. The lowest BCUT2D eigenvalue weighted by atomic mass is 10.1. The summed E-state index contributed by atoms with van der Waals surface area (Å²) in [5.74, 6) is -0.217. The van der Waals surface area contributed by atoms with Gasteiger partial charge in [-0.3, -0.25) is 4.79 Å². The van der Waals surface area contributed by atoms with Gasteiger partial charge in [-0.2, -0.15) is 4.99 Å². The highest BCUT2D eigenvalue weighted by Gasteiger charge is 2.15. The van der Waals surface area contributed by atoms with E-state index in [2.05, 4.69) is 67.4 Å². The fourth-order valence-corrected chi connectivity index (χ4v) is 4.42. The third kappa shape index (κ3) is 4.08. The van der Waals surface area contributed by atoms with E-state index in [-0.39, 0.29) is 5.91 Å². The van der Waals surface area contributed by atoms with Gasteiger partial charge in [0.15, 0.2) is 4.80 Å². The van der Waals surface area contributed by atoms with Crippen LogP contribution in [0.2, 0.25) is 0 Å². The van der Waals surface area contributed by atoms with Crippen LogP contribution in [-0.4, -0.2) is 10.5 Å². The first kappa shape index (κ1) is 19.3. The minimum absolute atomic E-state index is 0.217. The number of nitrogens with zero attached hydrogens (tertiary/aromatic N) is 2. The number of carbonyl (C=O) groups is 1. The van der Waals surface area contributed by atoms with Crippen molar-refractivity contribution in [3.63, 3.8) is 0 Å². The van der Waals surface area contributed by atoms with Gasteiger partial charge in [-0.15, -0.1) is 11.3 Å². The summed E-state index contributed by atoms with van der Waals surface area (Å²) in [5, 5.41) is 0. The van der Waals surface area contributed by atoms with Crippen LogP contribution in [0.3, 0.4) is 0 Å². The van der Waals surface area contributed by atoms with E-state index in [4.69, 9.17) is 0 Å². The van der Waals surface area contributed by atoms with Gasteiger partial charge >= 0.3 is 0 Å². The van der Waals surface area contributed by atoms with E-state index in [0.29, 0.717) is 5.56 Å². The number of benzene rings is 2. The summed E-state index contributed by atoms with van der Waals surface area (Å²) < 4.78 is 4.12. The molecule has 0 saturated carbocycles. The number of aryl methyl sites for hydroxylation is 1. The molecule has 0 aliphatic rings. The molecule has 0 aliphatic carbocycles. The first-order valence-electron chi connectivity index (χ1n) is 8.36. The molecule has 1 aromatic heterocycles. The number of halogens is 2. The molecule has 6 heteroatoms. The number of hydrogen-bond donors (Lipinski definition) is 0. The highest BCUT2D eigenvalue weighted by molar-refractivity contribution is 9.10. The van der Waals surface area contributed by atoms with Crippen molar-refractivity contribution >= 4 is 49.1 Å². The Morgan fingerprint density at radius 3 is 2.12 bits per heavy atom. The van der Waals surface area contributed by atoms with Gasteiger partial charge in [-0.05, 0) is 55.3 Å². The molecule has 0 atom stereocenters. The topological polar surface area (TPSA) is 34.4 Å². The van der Waals surface area contributed by atoms with E-state index in [9.17, 15) is 4.79 Å². The third-order valence-electron chi connectivity index (χ3n) is 4.02. The van der Waals surface area contributed by atoms with Gasteiger partial charge < -0.3 is 4.57 Å². The molecule has 134 valence electrons. The number of amides is 1. The smallest absolute Gasteiger partial charge is 0.279 e. The Labute approximate surface area is 173 Å². The summed E-state index contributed by atoms with van der Waals surface area (Å²) in [6, 6.07) is 15.6. The van der Waals surface area contributed by atoms with E-state index >= 15 is 0 Å². The zero-order valence-corrected chi connectivity index (χ0v) is 18.5. The monoisotopic (exact) mass is 492 g/mol. The van der Waals surface area contributed by atoms with E-state index < -0.39 is 0 Å². The minimum atomic E-state index is -0.217. The summed E-state index contributed by atoms with van der Waals surface area (Å²) in [4.78, 5) is 19.0. The van der Waals surface area contributed by atoms with Crippen LogP contribution in [0.1, 0.15) is 29.1 Å². The fraction of sp³-hybridized carbons (Fsp3) is 0.200. The summed E-state index contributed by atoms with van der Waals surface area (Å²) in [6.45, 7) is 4.97. The van der Waals surface area contributed by atoms with Crippen LogP contribution in [0.15, 0.2) is 62.5 Å². The van der Waals surface area contributed by atoms with Crippen LogP contribution in [0, 0.1) is 0 Å². The molecule has 26 heavy (non-hydrogen) atoms. The molecular formula is C20H18Br2N2OS. The standard InChI is InChI=1S/C20H18Br2N2OS/c1-3-17-18(13-5-9-15(21)10-6-13)24(4-2)20(26-17)23-19(25)14-7-11-16(22)12-8-14/h5-12H,3-4H2,1-2H3. The molecular weight excluding hydrogens is 476 g/mol. The average Bonchev–Trinajstić information content (AvgIpc) is 3.00. The fourth-order valence-electron chi connectivity index (χ4n) is 2.74. The van der Waals surface area contributed by atoms with Crippen molar-refractivity contribution in [3.05, 3.63) is 72.7 Å². The Bertz CT molecular complexity index is 986. The van der Waals surface area contributed by atoms with Crippen molar-refractivity contribution in [2.45, 2.75) is 26.8 Å². The van der Waals surface area contributed by atoms with Gasteiger partial charge in [-0.1, -0.05) is 50.9 Å². The van der Waals surface area contributed by atoms with Crippen molar-refractivity contribution in [1.29, 1.82) is 0 Å². The number of carbonyl (C=O) groups excluding carboxylic acids is 1. The van der Waals surface area contributed by atoms with Crippen molar-refractivity contribution < 1.29 is 4.79 Å². The van der Waals surface area contributed by atoms with Crippen LogP contribution in [0.25, 0.3) is 11.3 Å². The maximum Gasteiger partial charge on any atom is 0.279 e. The normalized spacial score (nSPS) is 11.8. The second kappa shape index (κ2) is 8.46. The second-order valence-corrected chi connectivity index (χ2v) is 8.58. The summed E-state index contributed by atoms with van der Waals surface area (Å²) in [7, 11) is 0. The number of rotatable bonds is 4. The lowest BCUT2D eigenvalue weighted by Crippen LogP contribution is -2.17. The van der Waals surface area contributed by atoms with Gasteiger partial charge in [-0.25, -0.2) is 0 Å². The Hall–Kier alpha value is -1.50. The first-order chi connectivity index (χ1) is 12.5. The number of aromatic nitrogens is 1. The maximum atomic E-state index is 12.6. The molecule has 1 amide bonds. The largest absolute Gasteiger partial charge is 0.316 e. The molecule has 1 heterocycles. The van der Waals surface area contributed by atoms with E-state index in [1.165, 1.54) is 4.88 Å². The van der Waals surface area contributed by atoms with E-state index in [0.717, 1.165) is 38.0 Å². The summed E-state index contributed by atoms with van der Waals surface area (Å²) in [6.07, 6.45) is 0.901. The van der Waals surface area contributed by atoms with Gasteiger partial charge in [0, 0.05) is 25.9 Å². The molecule has 0 fully saturated rings. The van der Waals surface area contributed by atoms with Crippen LogP contribution < -0.4 is 4.80 Å². The molecule has 3 rings (SSSR count). The lowest BCUT2D eigenvalue weighted by Gasteiger charge is -2.08. The minimum Gasteiger partial charge on any atom is -0.316 e. The first-order valence-corrected chi connectivity index (χ1v) is 10.8. The highest BCUT2D eigenvalue weighted by Crippen LogP contribution is 2.28. The van der Waals surface area contributed by atoms with E-state index in [1.807, 2.05) is 24.3 Å². The number of thiazole rings is 1. The summed E-state index contributed by atoms with van der Waals surface area (Å²) in [5.41, 5.74) is 2.88. The Balaban J connectivity index is 2.12. The van der Waals surface area contributed by atoms with Gasteiger partial charge in [0.1, 0.15) is 0 Å². The molecule has 0 spiro atoms. The van der Waals surface area contributed by atoms with Gasteiger partial charge in [0.05, 0.1) is 5.69 Å².